The fourth-order valence-corrected chi connectivity index (χ4v) is 4.98. The number of likely N-dealkylation sites (tertiary alicyclic amines) is 1. The van der Waals surface area contributed by atoms with Crippen molar-refractivity contribution in [3.63, 3.8) is 0 Å². The molecule has 0 bridgehead atoms. The lowest BCUT2D eigenvalue weighted by Gasteiger charge is -2.33. The van der Waals surface area contributed by atoms with Crippen LogP contribution in [0.1, 0.15) is 42.5 Å². The lowest BCUT2D eigenvalue weighted by atomic mass is 10.0. The monoisotopic (exact) mass is 365 g/mol. The van der Waals surface area contributed by atoms with Gasteiger partial charge in [-0.1, -0.05) is 0 Å². The average molecular weight is 366 g/mol. The van der Waals surface area contributed by atoms with Crippen LogP contribution in [0.4, 0.5) is 0 Å². The molecule has 1 N–H and O–H groups in total. The minimum absolute atomic E-state index is 0.0755. The molecule has 0 spiro atoms. The summed E-state index contributed by atoms with van der Waals surface area (Å²) in [5.41, 5.74) is 0.936. The van der Waals surface area contributed by atoms with E-state index in [2.05, 4.69) is 16.9 Å². The summed E-state index contributed by atoms with van der Waals surface area (Å²) in [6.45, 7) is 6.96. The zero-order chi connectivity index (χ0) is 17.3. The molecule has 24 heavy (non-hydrogen) atoms. The second-order valence-corrected chi connectivity index (χ2v) is 8.59. The number of thiophene rings is 1. The van der Waals surface area contributed by atoms with Crippen LogP contribution in [0.25, 0.3) is 10.2 Å². The van der Waals surface area contributed by atoms with Crippen molar-refractivity contribution in [1.29, 1.82) is 0 Å². The number of hydrogen-bond donors (Lipinski definition) is 1. The molecule has 130 valence electrons. The molecule has 2 aromatic rings. The van der Waals surface area contributed by atoms with E-state index >= 15 is 0 Å². The second kappa shape index (κ2) is 7.27. The van der Waals surface area contributed by atoms with Gasteiger partial charge >= 0.3 is 0 Å². The number of hydrogen-bond acceptors (Lipinski definition) is 5. The van der Waals surface area contributed by atoms with Gasteiger partial charge in [0.2, 0.25) is 5.91 Å². The van der Waals surface area contributed by atoms with Crippen LogP contribution in [0.5, 0.6) is 0 Å². The van der Waals surface area contributed by atoms with E-state index in [4.69, 9.17) is 0 Å². The molecule has 2 aromatic heterocycles. The molecule has 1 amide bonds. The van der Waals surface area contributed by atoms with Gasteiger partial charge in [0, 0.05) is 17.5 Å². The number of carbonyl (C=O) groups excluding carboxylic acids is 1. The number of aryl methyl sites for hydroxylation is 2. The normalized spacial score (nSPS) is 18.3. The van der Waals surface area contributed by atoms with E-state index in [1.807, 2.05) is 18.7 Å². The Morgan fingerprint density at radius 2 is 2.21 bits per heavy atom. The standard InChI is InChI=1S/C17H23N3O2S2/c1-10-6-4-5-7-20(10)14(21)9-23-8-13-18-16(22)15-11(2)12(3)24-17(15)19-13/h10H,4-9H2,1-3H3,(H,18,19,22)/t10-/m0/s1. The van der Waals surface area contributed by atoms with E-state index in [1.54, 1.807) is 11.3 Å². The SMILES string of the molecule is Cc1sc2nc(CSCC(=O)N3CCCC[C@@H]3C)[nH]c(=O)c2c1C. The Labute approximate surface area is 149 Å². The van der Waals surface area contributed by atoms with Crippen molar-refractivity contribution in [1.82, 2.24) is 14.9 Å². The van der Waals surface area contributed by atoms with Crippen LogP contribution in [0.15, 0.2) is 4.79 Å². The van der Waals surface area contributed by atoms with Gasteiger partial charge in [-0.3, -0.25) is 9.59 Å². The van der Waals surface area contributed by atoms with E-state index in [1.165, 1.54) is 18.2 Å². The molecule has 0 saturated carbocycles. The Balaban J connectivity index is 1.63. The van der Waals surface area contributed by atoms with Crippen molar-refractivity contribution >= 4 is 39.2 Å². The summed E-state index contributed by atoms with van der Waals surface area (Å²) in [5, 5.41) is 0.699. The maximum absolute atomic E-state index is 12.3. The number of aromatic amines is 1. The maximum atomic E-state index is 12.3. The highest BCUT2D eigenvalue weighted by Gasteiger charge is 2.22. The third-order valence-corrected chi connectivity index (χ3v) is 6.71. The minimum atomic E-state index is -0.0755. The van der Waals surface area contributed by atoms with Gasteiger partial charge in [0.25, 0.3) is 5.56 Å². The summed E-state index contributed by atoms with van der Waals surface area (Å²) in [6, 6.07) is 0.346. The van der Waals surface area contributed by atoms with E-state index in [0.29, 0.717) is 28.8 Å². The Hall–Kier alpha value is -1.34. The maximum Gasteiger partial charge on any atom is 0.259 e. The van der Waals surface area contributed by atoms with Gasteiger partial charge in [-0.2, -0.15) is 0 Å². The third-order valence-electron chi connectivity index (χ3n) is 4.68. The van der Waals surface area contributed by atoms with E-state index in [0.717, 1.165) is 34.7 Å². The van der Waals surface area contributed by atoms with Gasteiger partial charge in [0.15, 0.2) is 0 Å². The predicted molar refractivity (Wildman–Crippen MR) is 101 cm³/mol. The van der Waals surface area contributed by atoms with Crippen molar-refractivity contribution in [3.05, 3.63) is 26.6 Å². The Bertz CT molecular complexity index is 812. The summed E-state index contributed by atoms with van der Waals surface area (Å²) >= 11 is 3.07. The van der Waals surface area contributed by atoms with E-state index < -0.39 is 0 Å². The summed E-state index contributed by atoms with van der Waals surface area (Å²) in [6.07, 6.45) is 3.41. The first-order chi connectivity index (χ1) is 11.5. The number of fused-ring (bicyclic) bond motifs is 1. The fourth-order valence-electron chi connectivity index (χ4n) is 3.15. The average Bonchev–Trinajstić information content (AvgIpc) is 2.82. The molecule has 3 rings (SSSR count). The van der Waals surface area contributed by atoms with E-state index in [9.17, 15) is 9.59 Å². The van der Waals surface area contributed by atoms with Crippen molar-refractivity contribution in [3.8, 4) is 0 Å². The van der Waals surface area contributed by atoms with Gasteiger partial charge in [0.05, 0.1) is 16.9 Å². The molecule has 0 aromatic carbocycles. The number of carbonyl (C=O) groups is 1. The number of rotatable bonds is 4. The number of aromatic nitrogens is 2. The summed E-state index contributed by atoms with van der Waals surface area (Å²) in [4.78, 5) is 35.9. The topological polar surface area (TPSA) is 66.1 Å². The van der Waals surface area contributed by atoms with Gasteiger partial charge in [-0.25, -0.2) is 4.98 Å². The van der Waals surface area contributed by atoms with Crippen LogP contribution >= 0.6 is 23.1 Å². The molecule has 1 saturated heterocycles. The van der Waals surface area contributed by atoms with Crippen LogP contribution in [0, 0.1) is 13.8 Å². The molecule has 7 heteroatoms. The van der Waals surface area contributed by atoms with Crippen LogP contribution in [-0.2, 0) is 10.5 Å². The number of nitrogens with one attached hydrogen (secondary N) is 1. The van der Waals surface area contributed by atoms with Crippen LogP contribution in [0.3, 0.4) is 0 Å². The number of piperidine rings is 1. The molecule has 1 aliphatic rings. The van der Waals surface area contributed by atoms with Gasteiger partial charge in [0.1, 0.15) is 10.7 Å². The first kappa shape index (κ1) is 17.5. The van der Waals surface area contributed by atoms with E-state index in [-0.39, 0.29) is 11.5 Å². The van der Waals surface area contributed by atoms with Crippen molar-refractivity contribution in [2.45, 2.75) is 51.8 Å². The van der Waals surface area contributed by atoms with Gasteiger partial charge < -0.3 is 9.88 Å². The van der Waals surface area contributed by atoms with Gasteiger partial charge in [-0.15, -0.1) is 23.1 Å². The quantitative estimate of drug-likeness (QED) is 0.903. The molecule has 1 fully saturated rings. The molecule has 3 heterocycles. The Morgan fingerprint density at radius 1 is 1.42 bits per heavy atom. The third kappa shape index (κ3) is 3.52. The number of amides is 1. The van der Waals surface area contributed by atoms with Crippen LogP contribution < -0.4 is 5.56 Å². The Kier molecular flexibility index (Phi) is 5.30. The smallest absolute Gasteiger partial charge is 0.259 e. The van der Waals surface area contributed by atoms with Crippen molar-refractivity contribution in [2.75, 3.05) is 12.3 Å². The first-order valence-electron chi connectivity index (χ1n) is 8.33. The van der Waals surface area contributed by atoms with Crippen LogP contribution in [-0.4, -0.2) is 39.1 Å². The zero-order valence-corrected chi connectivity index (χ0v) is 16.0. The van der Waals surface area contributed by atoms with Crippen molar-refractivity contribution < 1.29 is 4.79 Å². The Morgan fingerprint density at radius 3 is 2.96 bits per heavy atom. The lowest BCUT2D eigenvalue weighted by molar-refractivity contribution is -0.131. The highest BCUT2D eigenvalue weighted by molar-refractivity contribution is 7.99. The highest BCUT2D eigenvalue weighted by Crippen LogP contribution is 2.26. The molecule has 0 aliphatic carbocycles. The van der Waals surface area contributed by atoms with Gasteiger partial charge in [-0.05, 0) is 45.6 Å². The van der Waals surface area contributed by atoms with Crippen molar-refractivity contribution in [2.24, 2.45) is 0 Å². The zero-order valence-electron chi connectivity index (χ0n) is 14.3. The first-order valence-corrected chi connectivity index (χ1v) is 10.3. The fraction of sp³-hybridized carbons (Fsp3) is 0.588. The minimum Gasteiger partial charge on any atom is -0.339 e. The lowest BCUT2D eigenvalue weighted by Crippen LogP contribution is -2.42. The molecule has 0 unspecified atom stereocenters. The predicted octanol–water partition coefficient (Wildman–Crippen LogP) is 3.24. The molecule has 1 aliphatic heterocycles. The van der Waals surface area contributed by atoms with Crippen LogP contribution in [0.2, 0.25) is 0 Å². The molecular formula is C17H23N3O2S2. The molecular weight excluding hydrogens is 342 g/mol. The molecule has 5 nitrogen and oxygen atoms in total. The number of thioether (sulfide) groups is 1. The summed E-state index contributed by atoms with van der Waals surface area (Å²) in [7, 11) is 0. The molecule has 1 atom stereocenters. The highest BCUT2D eigenvalue weighted by atomic mass is 32.2. The largest absolute Gasteiger partial charge is 0.339 e. The second-order valence-electron chi connectivity index (χ2n) is 6.40. The summed E-state index contributed by atoms with van der Waals surface area (Å²) < 4.78 is 0. The number of nitrogens with zero attached hydrogens (tertiary/aromatic N) is 2. The molecule has 0 radical (unpaired) electrons. The summed E-state index contributed by atoms with van der Waals surface area (Å²) in [5.74, 6) is 1.83. The number of H-pyrrole nitrogens is 1.